The Labute approximate surface area is 156 Å². The molecule has 3 heterocycles. The van der Waals surface area contributed by atoms with E-state index in [9.17, 15) is 14.7 Å². The monoisotopic (exact) mass is 366 g/mol. The molecule has 0 aliphatic carbocycles. The molecule has 0 spiro atoms. The molecule has 0 unspecified atom stereocenters. The van der Waals surface area contributed by atoms with E-state index in [-0.39, 0.29) is 12.3 Å². The minimum atomic E-state index is -0.943. The predicted molar refractivity (Wildman–Crippen MR) is 96.6 cm³/mol. The molecule has 0 aromatic heterocycles. The van der Waals surface area contributed by atoms with Crippen LogP contribution in [0.5, 0.6) is 0 Å². The summed E-state index contributed by atoms with van der Waals surface area (Å²) in [6.07, 6.45) is 4.92. The standard InChI is InChI=1S/C19H34N4O3/c1-16(24)21-8-2-17(3-9-21)22-10-4-18(5-11-22)23-14-12-20(13-15-23)7-6-19(25)26/h17-18H,2-15H2,1H3,(H,25,26). The maximum Gasteiger partial charge on any atom is 0.219 e. The van der Waals surface area contributed by atoms with Crippen LogP contribution in [0.3, 0.4) is 0 Å². The number of carboxylic acids is 1. The van der Waals surface area contributed by atoms with Gasteiger partial charge in [-0.15, -0.1) is 0 Å². The fraction of sp³-hybridized carbons (Fsp3) is 0.895. The molecule has 0 saturated carbocycles. The van der Waals surface area contributed by atoms with Crippen LogP contribution in [0.1, 0.15) is 39.0 Å². The van der Waals surface area contributed by atoms with Crippen LogP contribution in [0.25, 0.3) is 0 Å². The van der Waals surface area contributed by atoms with E-state index in [2.05, 4.69) is 9.80 Å². The molecule has 3 saturated heterocycles. The van der Waals surface area contributed by atoms with Gasteiger partial charge in [0, 0.05) is 77.6 Å². The first-order chi connectivity index (χ1) is 12.5. The number of carbonyl (C=O) groups excluding carboxylic acids is 2. The van der Waals surface area contributed by atoms with E-state index in [1.807, 2.05) is 4.90 Å². The Hall–Kier alpha value is -1.18. The van der Waals surface area contributed by atoms with Gasteiger partial charge in [-0.1, -0.05) is 0 Å². The van der Waals surface area contributed by atoms with E-state index in [1.54, 1.807) is 11.8 Å². The molecule has 3 aliphatic rings. The van der Waals surface area contributed by atoms with Crippen molar-refractivity contribution < 1.29 is 19.6 Å². The summed E-state index contributed by atoms with van der Waals surface area (Å²) in [6, 6.07) is 1.41. The van der Waals surface area contributed by atoms with Crippen molar-refractivity contribution in [3.05, 3.63) is 0 Å². The summed E-state index contributed by atoms with van der Waals surface area (Å²) in [5.74, 6) is -0.731. The molecule has 1 amide bonds. The Morgan fingerprint density at radius 1 is 0.962 bits per heavy atom. The highest BCUT2D eigenvalue weighted by atomic mass is 16.4. The van der Waals surface area contributed by atoms with Gasteiger partial charge in [-0.25, -0.2) is 0 Å². The lowest BCUT2D eigenvalue weighted by molar-refractivity contribution is -0.930. The van der Waals surface area contributed by atoms with Crippen LogP contribution in [0, 0.1) is 0 Å². The molecule has 0 radical (unpaired) electrons. The number of carboxylic acid groups (broad SMARTS) is 1. The number of hydrogen-bond donors (Lipinski definition) is 1. The van der Waals surface area contributed by atoms with Crippen LogP contribution in [0.2, 0.25) is 0 Å². The third-order valence-electron chi connectivity index (χ3n) is 6.66. The summed E-state index contributed by atoms with van der Waals surface area (Å²) in [5, 5.41) is 10.6. The molecule has 7 nitrogen and oxygen atoms in total. The van der Waals surface area contributed by atoms with Crippen molar-refractivity contribution in [2.24, 2.45) is 0 Å². The van der Waals surface area contributed by atoms with Crippen LogP contribution in [-0.4, -0.2) is 97.6 Å². The smallest absolute Gasteiger partial charge is 0.219 e. The minimum Gasteiger partial charge on any atom is -0.550 e. The molecule has 0 aromatic rings. The highest BCUT2D eigenvalue weighted by molar-refractivity contribution is 5.73. The second-order valence-corrected chi connectivity index (χ2v) is 8.17. The van der Waals surface area contributed by atoms with Crippen molar-refractivity contribution in [2.75, 3.05) is 58.9 Å². The number of piperazine rings is 1. The number of carbonyl (C=O) groups is 2. The second kappa shape index (κ2) is 9.15. The normalized spacial score (nSPS) is 25.5. The first kappa shape index (κ1) is 19.6. The average Bonchev–Trinajstić information content (AvgIpc) is 2.67. The van der Waals surface area contributed by atoms with Crippen LogP contribution < -0.4 is 10.0 Å². The number of nitrogens with one attached hydrogen (secondary N) is 1. The van der Waals surface area contributed by atoms with Gasteiger partial charge in [0.15, 0.2) is 0 Å². The lowest BCUT2D eigenvalue weighted by atomic mass is 9.96. The first-order valence-corrected chi connectivity index (χ1v) is 10.3. The molecule has 0 aromatic carbocycles. The molecular formula is C19H34N4O3. The summed E-state index contributed by atoms with van der Waals surface area (Å²) in [7, 11) is 0. The Bertz CT molecular complexity index is 477. The third kappa shape index (κ3) is 5.18. The van der Waals surface area contributed by atoms with Gasteiger partial charge in [0.05, 0.1) is 19.1 Å². The van der Waals surface area contributed by atoms with Crippen LogP contribution in [-0.2, 0) is 9.59 Å². The minimum absolute atomic E-state index is 0.149. The highest BCUT2D eigenvalue weighted by Gasteiger charge is 2.33. The van der Waals surface area contributed by atoms with Gasteiger partial charge in [-0.3, -0.25) is 14.6 Å². The highest BCUT2D eigenvalue weighted by Crippen LogP contribution is 2.20. The molecule has 3 fully saturated rings. The Morgan fingerprint density at radius 3 is 2.12 bits per heavy atom. The van der Waals surface area contributed by atoms with Gasteiger partial charge >= 0.3 is 0 Å². The number of quaternary nitrogens is 1. The molecule has 0 atom stereocenters. The summed E-state index contributed by atoms with van der Waals surface area (Å²) in [6.45, 7) is 10.8. The number of amides is 1. The fourth-order valence-electron chi connectivity index (χ4n) is 4.94. The van der Waals surface area contributed by atoms with Gasteiger partial charge < -0.3 is 19.7 Å². The SMILES string of the molecule is CC(=O)N1CCC(N2CCC([NH+]3CCN(CCC(=O)[O-])CC3)CC2)CC1. The quantitative estimate of drug-likeness (QED) is 0.598. The maximum atomic E-state index is 11.5. The molecule has 3 rings (SSSR count). The zero-order valence-corrected chi connectivity index (χ0v) is 16.1. The van der Waals surface area contributed by atoms with Gasteiger partial charge in [-0.2, -0.15) is 0 Å². The summed E-state index contributed by atoms with van der Waals surface area (Å²) in [4.78, 5) is 30.7. The lowest BCUT2D eigenvalue weighted by Crippen LogP contribution is -3.18. The van der Waals surface area contributed by atoms with Gasteiger partial charge in [-0.05, 0) is 19.3 Å². The Kier molecular flexibility index (Phi) is 6.89. The van der Waals surface area contributed by atoms with Crippen molar-refractivity contribution in [1.82, 2.24) is 14.7 Å². The van der Waals surface area contributed by atoms with E-state index >= 15 is 0 Å². The predicted octanol–water partition coefficient (Wildman–Crippen LogP) is -2.20. The summed E-state index contributed by atoms with van der Waals surface area (Å²) in [5.41, 5.74) is 0. The zero-order valence-electron chi connectivity index (χ0n) is 16.1. The zero-order chi connectivity index (χ0) is 18.5. The van der Waals surface area contributed by atoms with Crippen molar-refractivity contribution in [3.8, 4) is 0 Å². The van der Waals surface area contributed by atoms with Crippen molar-refractivity contribution >= 4 is 11.9 Å². The number of aliphatic carboxylic acids is 1. The van der Waals surface area contributed by atoms with E-state index in [0.717, 1.165) is 58.2 Å². The third-order valence-corrected chi connectivity index (χ3v) is 6.66. The van der Waals surface area contributed by atoms with Gasteiger partial charge in [0.25, 0.3) is 0 Å². The largest absolute Gasteiger partial charge is 0.550 e. The van der Waals surface area contributed by atoms with E-state index in [1.165, 1.54) is 25.9 Å². The summed E-state index contributed by atoms with van der Waals surface area (Å²) >= 11 is 0. The molecular weight excluding hydrogens is 332 g/mol. The average molecular weight is 367 g/mol. The topological polar surface area (TPSA) is 71.4 Å². The maximum absolute atomic E-state index is 11.5. The van der Waals surface area contributed by atoms with Crippen molar-refractivity contribution in [1.29, 1.82) is 0 Å². The van der Waals surface area contributed by atoms with Gasteiger partial charge in [0.1, 0.15) is 0 Å². The molecule has 26 heavy (non-hydrogen) atoms. The molecule has 0 bridgehead atoms. The van der Waals surface area contributed by atoms with Crippen molar-refractivity contribution in [2.45, 2.75) is 51.1 Å². The molecule has 7 heteroatoms. The van der Waals surface area contributed by atoms with Gasteiger partial charge in [0.2, 0.25) is 5.91 Å². The van der Waals surface area contributed by atoms with E-state index in [0.29, 0.717) is 12.6 Å². The first-order valence-electron chi connectivity index (χ1n) is 10.3. The number of nitrogens with zero attached hydrogens (tertiary/aromatic N) is 3. The Balaban J connectivity index is 1.36. The van der Waals surface area contributed by atoms with Crippen LogP contribution >= 0.6 is 0 Å². The second-order valence-electron chi connectivity index (χ2n) is 8.17. The van der Waals surface area contributed by atoms with E-state index in [4.69, 9.17) is 0 Å². The molecule has 1 N–H and O–H groups in total. The fourth-order valence-corrected chi connectivity index (χ4v) is 4.94. The number of likely N-dealkylation sites (tertiary alicyclic amines) is 2. The van der Waals surface area contributed by atoms with Crippen LogP contribution in [0.4, 0.5) is 0 Å². The van der Waals surface area contributed by atoms with Crippen molar-refractivity contribution in [3.63, 3.8) is 0 Å². The molecule has 3 aliphatic heterocycles. The van der Waals surface area contributed by atoms with E-state index < -0.39 is 5.97 Å². The number of rotatable bonds is 5. The number of piperidine rings is 2. The lowest BCUT2D eigenvalue weighted by Gasteiger charge is -2.44. The van der Waals surface area contributed by atoms with Crippen LogP contribution in [0.15, 0.2) is 0 Å². The number of hydrogen-bond acceptors (Lipinski definition) is 5. The Morgan fingerprint density at radius 2 is 1.58 bits per heavy atom. The summed E-state index contributed by atoms with van der Waals surface area (Å²) < 4.78 is 0. The molecule has 148 valence electrons.